The van der Waals surface area contributed by atoms with Crippen LogP contribution in [0.25, 0.3) is 11.3 Å². The molecule has 1 aromatic heterocycles. The summed E-state index contributed by atoms with van der Waals surface area (Å²) >= 11 is 0. The van der Waals surface area contributed by atoms with Crippen molar-refractivity contribution in [3.05, 3.63) is 35.5 Å². The Hall–Kier alpha value is -1.68. The lowest BCUT2D eigenvalue weighted by molar-refractivity contribution is 0.719. The number of hydrogen-bond acceptors (Lipinski definition) is 3. The molecule has 0 aliphatic rings. The summed E-state index contributed by atoms with van der Waals surface area (Å²) in [5.74, 6) is 0. The summed E-state index contributed by atoms with van der Waals surface area (Å²) in [7, 11) is 1.91. The van der Waals surface area contributed by atoms with Crippen molar-refractivity contribution in [2.75, 3.05) is 6.54 Å². The van der Waals surface area contributed by atoms with Gasteiger partial charge < -0.3 is 5.32 Å². The molecule has 0 atom stereocenters. The van der Waals surface area contributed by atoms with Gasteiger partial charge in [0, 0.05) is 19.2 Å². The van der Waals surface area contributed by atoms with Crippen LogP contribution in [0.5, 0.6) is 0 Å². The molecule has 0 bridgehead atoms. The van der Waals surface area contributed by atoms with E-state index in [1.165, 1.54) is 16.7 Å². The van der Waals surface area contributed by atoms with Crippen molar-refractivity contribution in [2.24, 2.45) is 7.05 Å². The van der Waals surface area contributed by atoms with E-state index in [9.17, 15) is 0 Å². The Kier molecular flexibility index (Phi) is 3.54. The fourth-order valence-corrected chi connectivity index (χ4v) is 1.93. The maximum atomic E-state index is 3.96. The molecule has 1 aromatic carbocycles. The molecule has 17 heavy (non-hydrogen) atoms. The second-order valence-electron chi connectivity index (χ2n) is 4.17. The van der Waals surface area contributed by atoms with Crippen molar-refractivity contribution in [1.82, 2.24) is 20.3 Å². The molecule has 0 fully saturated rings. The fraction of sp³-hybridized carbons (Fsp3) is 0.385. The molecule has 0 amide bonds. The van der Waals surface area contributed by atoms with Gasteiger partial charge in [-0.15, -0.1) is 5.10 Å². The molecule has 0 unspecified atom stereocenters. The van der Waals surface area contributed by atoms with Crippen LogP contribution in [0.3, 0.4) is 0 Å². The number of nitrogens with one attached hydrogen (secondary N) is 1. The van der Waals surface area contributed by atoms with E-state index < -0.39 is 0 Å². The maximum Gasteiger partial charge on any atom is 0.0884 e. The quantitative estimate of drug-likeness (QED) is 0.872. The zero-order valence-corrected chi connectivity index (χ0v) is 10.6. The van der Waals surface area contributed by atoms with Crippen molar-refractivity contribution < 1.29 is 0 Å². The first-order valence-corrected chi connectivity index (χ1v) is 5.87. The van der Waals surface area contributed by atoms with Gasteiger partial charge >= 0.3 is 0 Å². The van der Waals surface area contributed by atoms with E-state index in [4.69, 9.17) is 0 Å². The highest BCUT2D eigenvalue weighted by Gasteiger charge is 2.07. The van der Waals surface area contributed by atoms with Gasteiger partial charge in [-0.3, -0.25) is 0 Å². The lowest BCUT2D eigenvalue weighted by Crippen LogP contribution is -2.11. The molecule has 1 heterocycles. The van der Waals surface area contributed by atoms with Gasteiger partial charge in [0.15, 0.2) is 0 Å². The maximum absolute atomic E-state index is 3.96. The van der Waals surface area contributed by atoms with Gasteiger partial charge in [-0.1, -0.05) is 30.3 Å². The van der Waals surface area contributed by atoms with Gasteiger partial charge in [0.25, 0.3) is 0 Å². The first kappa shape index (κ1) is 11.8. The van der Waals surface area contributed by atoms with Crippen molar-refractivity contribution in [1.29, 1.82) is 0 Å². The van der Waals surface area contributed by atoms with E-state index in [1.54, 1.807) is 10.9 Å². The highest BCUT2D eigenvalue weighted by atomic mass is 15.4. The lowest BCUT2D eigenvalue weighted by atomic mass is 10.0. The van der Waals surface area contributed by atoms with E-state index in [0.717, 1.165) is 18.8 Å². The van der Waals surface area contributed by atoms with Crippen molar-refractivity contribution in [3.8, 4) is 11.3 Å². The van der Waals surface area contributed by atoms with Crippen LogP contribution in [-0.2, 0) is 13.6 Å². The summed E-state index contributed by atoms with van der Waals surface area (Å²) < 4.78 is 1.80. The van der Waals surface area contributed by atoms with E-state index in [0.29, 0.717) is 0 Å². The summed E-state index contributed by atoms with van der Waals surface area (Å²) in [6.07, 6.45) is 1.80. The average molecular weight is 230 g/mol. The Balaban J connectivity index is 2.29. The first-order valence-electron chi connectivity index (χ1n) is 5.87. The van der Waals surface area contributed by atoms with Gasteiger partial charge in [0.05, 0.1) is 11.9 Å². The minimum absolute atomic E-state index is 0.918. The van der Waals surface area contributed by atoms with E-state index in [1.807, 2.05) is 7.05 Å². The smallest absolute Gasteiger partial charge is 0.0884 e. The van der Waals surface area contributed by atoms with Crippen molar-refractivity contribution in [3.63, 3.8) is 0 Å². The lowest BCUT2D eigenvalue weighted by Gasteiger charge is -2.08. The minimum Gasteiger partial charge on any atom is -0.313 e. The van der Waals surface area contributed by atoms with Gasteiger partial charge in [0.2, 0.25) is 0 Å². The molecular formula is C13H18N4. The van der Waals surface area contributed by atoms with Crippen LogP contribution in [0.4, 0.5) is 0 Å². The summed E-state index contributed by atoms with van der Waals surface area (Å²) in [6, 6.07) is 6.50. The second-order valence-corrected chi connectivity index (χ2v) is 4.17. The van der Waals surface area contributed by atoms with Gasteiger partial charge in [-0.25, -0.2) is 4.68 Å². The monoisotopic (exact) mass is 230 g/mol. The molecule has 2 aromatic rings. The summed E-state index contributed by atoms with van der Waals surface area (Å²) in [5.41, 5.74) is 4.81. The van der Waals surface area contributed by atoms with Crippen LogP contribution in [0.15, 0.2) is 24.4 Å². The SMILES string of the molecule is CCNCc1ccc(-c2cnnn2C)c(C)c1. The molecule has 2 rings (SSSR count). The Bertz CT molecular complexity index is 502. The molecule has 0 aliphatic carbocycles. The van der Waals surface area contributed by atoms with Gasteiger partial charge in [-0.2, -0.15) is 0 Å². The minimum atomic E-state index is 0.918. The molecule has 0 spiro atoms. The number of hydrogen-bond donors (Lipinski definition) is 1. The van der Waals surface area contributed by atoms with Crippen molar-refractivity contribution in [2.45, 2.75) is 20.4 Å². The standard InChI is InChI=1S/C13H18N4/c1-4-14-8-11-5-6-12(10(2)7-11)13-9-15-16-17(13)3/h5-7,9,14H,4,8H2,1-3H3. The summed E-state index contributed by atoms with van der Waals surface area (Å²) in [5, 5.41) is 11.2. The van der Waals surface area contributed by atoms with Crippen LogP contribution < -0.4 is 5.32 Å². The number of aryl methyl sites for hydroxylation is 2. The van der Waals surface area contributed by atoms with Gasteiger partial charge in [0.1, 0.15) is 0 Å². The largest absolute Gasteiger partial charge is 0.313 e. The number of nitrogens with zero attached hydrogens (tertiary/aromatic N) is 3. The van der Waals surface area contributed by atoms with E-state index >= 15 is 0 Å². The van der Waals surface area contributed by atoms with E-state index in [-0.39, 0.29) is 0 Å². The fourth-order valence-electron chi connectivity index (χ4n) is 1.93. The van der Waals surface area contributed by atoms with Crippen LogP contribution >= 0.6 is 0 Å². The molecule has 4 nitrogen and oxygen atoms in total. The Morgan fingerprint density at radius 3 is 2.76 bits per heavy atom. The molecule has 90 valence electrons. The first-order chi connectivity index (χ1) is 8.22. The zero-order valence-electron chi connectivity index (χ0n) is 10.6. The number of benzene rings is 1. The molecule has 0 saturated heterocycles. The Morgan fingerprint density at radius 2 is 2.18 bits per heavy atom. The number of aromatic nitrogens is 3. The van der Waals surface area contributed by atoms with Crippen LogP contribution in [0.1, 0.15) is 18.1 Å². The Morgan fingerprint density at radius 1 is 1.35 bits per heavy atom. The van der Waals surface area contributed by atoms with Crippen LogP contribution in [0.2, 0.25) is 0 Å². The summed E-state index contributed by atoms with van der Waals surface area (Å²) in [6.45, 7) is 6.15. The third-order valence-corrected chi connectivity index (χ3v) is 2.86. The average Bonchev–Trinajstić information content (AvgIpc) is 2.73. The predicted octanol–water partition coefficient (Wildman–Crippen LogP) is 1.90. The summed E-state index contributed by atoms with van der Waals surface area (Å²) in [4.78, 5) is 0. The molecule has 1 N–H and O–H groups in total. The molecule has 0 saturated carbocycles. The third kappa shape index (κ3) is 2.53. The molecule has 4 heteroatoms. The van der Waals surface area contributed by atoms with Gasteiger partial charge in [-0.05, 0) is 24.6 Å². The number of rotatable bonds is 4. The molecule has 0 aliphatic heterocycles. The Labute approximate surface area is 102 Å². The zero-order chi connectivity index (χ0) is 12.3. The van der Waals surface area contributed by atoms with Crippen LogP contribution in [0, 0.1) is 6.92 Å². The third-order valence-electron chi connectivity index (χ3n) is 2.86. The van der Waals surface area contributed by atoms with E-state index in [2.05, 4.69) is 47.7 Å². The molecule has 0 radical (unpaired) electrons. The van der Waals surface area contributed by atoms with Crippen molar-refractivity contribution >= 4 is 0 Å². The highest BCUT2D eigenvalue weighted by Crippen LogP contribution is 2.22. The van der Waals surface area contributed by atoms with Crippen LogP contribution in [-0.4, -0.2) is 21.5 Å². The molecular weight excluding hydrogens is 212 g/mol. The highest BCUT2D eigenvalue weighted by molar-refractivity contribution is 5.63. The predicted molar refractivity (Wildman–Crippen MR) is 68.6 cm³/mol. The topological polar surface area (TPSA) is 42.7 Å². The second kappa shape index (κ2) is 5.10. The normalized spacial score (nSPS) is 10.8.